The third-order valence-electron chi connectivity index (χ3n) is 2.13. The number of pyridine rings is 1. The zero-order valence-corrected chi connectivity index (χ0v) is 9.01. The van der Waals surface area contributed by atoms with Crippen LogP contribution in [0.5, 0.6) is 11.6 Å². The quantitative estimate of drug-likeness (QED) is 0.764. The van der Waals surface area contributed by atoms with Gasteiger partial charge in [-0.2, -0.15) is 10.4 Å². The maximum absolute atomic E-state index is 8.99. The number of aromatic nitrogens is 3. The summed E-state index contributed by atoms with van der Waals surface area (Å²) in [6, 6.07) is 5.62. The van der Waals surface area contributed by atoms with E-state index >= 15 is 0 Å². The number of nitrogens with zero attached hydrogens (tertiary/aromatic N) is 4. The minimum atomic E-state index is 0.438. The van der Waals surface area contributed by atoms with Gasteiger partial charge >= 0.3 is 0 Å². The highest BCUT2D eigenvalue weighted by molar-refractivity contribution is 5.43. The van der Waals surface area contributed by atoms with Crippen LogP contribution in [-0.2, 0) is 7.05 Å². The minimum Gasteiger partial charge on any atom is -0.436 e. The van der Waals surface area contributed by atoms with E-state index in [1.54, 1.807) is 43.2 Å². The van der Waals surface area contributed by atoms with Crippen molar-refractivity contribution in [3.05, 3.63) is 35.8 Å². The Labute approximate surface area is 92.9 Å². The average Bonchev–Trinajstić information content (AvgIpc) is 2.55. The molecular formula is C11H10N4O. The van der Waals surface area contributed by atoms with Crippen LogP contribution < -0.4 is 4.74 Å². The fraction of sp³-hybridized carbons (Fsp3) is 0.182. The summed E-state index contributed by atoms with van der Waals surface area (Å²) in [6.07, 6.45) is 3.25. The standard InChI is InChI=1S/C11H10N4O/c1-8-10(6-12)11(15(2)14-8)16-9-4-3-5-13-7-9/h3-5,7H,1-2H3. The molecule has 0 saturated carbocycles. The summed E-state index contributed by atoms with van der Waals surface area (Å²) in [5.41, 5.74) is 1.11. The Morgan fingerprint density at radius 2 is 2.31 bits per heavy atom. The lowest BCUT2D eigenvalue weighted by Gasteiger charge is -2.04. The molecule has 2 heterocycles. The zero-order valence-electron chi connectivity index (χ0n) is 9.01. The van der Waals surface area contributed by atoms with Gasteiger partial charge in [-0.1, -0.05) is 0 Å². The van der Waals surface area contributed by atoms with Gasteiger partial charge in [0.15, 0.2) is 0 Å². The van der Waals surface area contributed by atoms with Gasteiger partial charge in [-0.05, 0) is 19.1 Å². The van der Waals surface area contributed by atoms with Gasteiger partial charge in [0.2, 0.25) is 5.88 Å². The molecule has 0 spiro atoms. The first-order chi connectivity index (χ1) is 7.72. The lowest BCUT2D eigenvalue weighted by molar-refractivity contribution is 0.427. The maximum atomic E-state index is 8.99. The first-order valence-corrected chi connectivity index (χ1v) is 4.74. The summed E-state index contributed by atoms with van der Waals surface area (Å²) in [5, 5.41) is 13.1. The van der Waals surface area contributed by atoms with Crippen LogP contribution in [0.1, 0.15) is 11.3 Å². The number of hydrogen-bond donors (Lipinski definition) is 0. The van der Waals surface area contributed by atoms with Gasteiger partial charge in [0.1, 0.15) is 17.4 Å². The fourth-order valence-corrected chi connectivity index (χ4v) is 1.40. The third kappa shape index (κ3) is 1.73. The van der Waals surface area contributed by atoms with Crippen molar-refractivity contribution in [1.82, 2.24) is 14.8 Å². The number of nitriles is 1. The Balaban J connectivity index is 2.39. The molecule has 16 heavy (non-hydrogen) atoms. The van der Waals surface area contributed by atoms with E-state index in [2.05, 4.69) is 16.2 Å². The molecule has 80 valence electrons. The number of ether oxygens (including phenoxy) is 1. The number of rotatable bonds is 2. The molecule has 2 aromatic rings. The molecule has 5 heteroatoms. The highest BCUT2D eigenvalue weighted by Gasteiger charge is 2.14. The van der Waals surface area contributed by atoms with Crippen molar-refractivity contribution >= 4 is 0 Å². The molecule has 0 fully saturated rings. The highest BCUT2D eigenvalue weighted by atomic mass is 16.5. The summed E-state index contributed by atoms with van der Waals surface area (Å²) in [4.78, 5) is 3.94. The fourth-order valence-electron chi connectivity index (χ4n) is 1.40. The average molecular weight is 214 g/mol. The second-order valence-corrected chi connectivity index (χ2v) is 3.29. The SMILES string of the molecule is Cc1nn(C)c(Oc2cccnc2)c1C#N. The number of hydrogen-bond acceptors (Lipinski definition) is 4. The predicted octanol–water partition coefficient (Wildman–Crippen LogP) is 1.79. The van der Waals surface area contributed by atoms with Crippen LogP contribution in [0, 0.1) is 18.3 Å². The van der Waals surface area contributed by atoms with E-state index in [-0.39, 0.29) is 0 Å². The highest BCUT2D eigenvalue weighted by Crippen LogP contribution is 2.25. The second kappa shape index (κ2) is 4.03. The molecule has 2 rings (SSSR count). The van der Waals surface area contributed by atoms with Crippen LogP contribution in [0.4, 0.5) is 0 Å². The molecule has 0 aliphatic carbocycles. The number of aryl methyl sites for hydroxylation is 2. The van der Waals surface area contributed by atoms with Crippen molar-refractivity contribution in [1.29, 1.82) is 5.26 Å². The summed E-state index contributed by atoms with van der Waals surface area (Å²) < 4.78 is 7.11. The Bertz CT molecular complexity index is 539. The molecule has 0 N–H and O–H groups in total. The molecule has 0 aliphatic rings. The van der Waals surface area contributed by atoms with E-state index < -0.39 is 0 Å². The van der Waals surface area contributed by atoms with Gasteiger partial charge in [0.05, 0.1) is 11.9 Å². The molecule has 0 amide bonds. The van der Waals surface area contributed by atoms with Crippen molar-refractivity contribution in [3.8, 4) is 17.7 Å². The van der Waals surface area contributed by atoms with Crippen LogP contribution in [0.2, 0.25) is 0 Å². The van der Waals surface area contributed by atoms with E-state index in [0.717, 1.165) is 0 Å². The summed E-state index contributed by atoms with van der Waals surface area (Å²) in [7, 11) is 1.74. The Kier molecular flexibility index (Phi) is 2.56. The van der Waals surface area contributed by atoms with Crippen molar-refractivity contribution in [2.45, 2.75) is 6.92 Å². The van der Waals surface area contributed by atoms with Gasteiger partial charge in [-0.3, -0.25) is 4.98 Å². The van der Waals surface area contributed by atoms with E-state index in [4.69, 9.17) is 10.00 Å². The Morgan fingerprint density at radius 3 is 2.94 bits per heavy atom. The van der Waals surface area contributed by atoms with Gasteiger partial charge in [-0.15, -0.1) is 0 Å². The van der Waals surface area contributed by atoms with E-state index in [9.17, 15) is 0 Å². The third-order valence-corrected chi connectivity index (χ3v) is 2.13. The normalized spacial score (nSPS) is 9.81. The van der Waals surface area contributed by atoms with Crippen LogP contribution in [0.25, 0.3) is 0 Å². The molecule has 5 nitrogen and oxygen atoms in total. The smallest absolute Gasteiger partial charge is 0.235 e. The van der Waals surface area contributed by atoms with Gasteiger partial charge in [0.25, 0.3) is 0 Å². The summed E-state index contributed by atoms with van der Waals surface area (Å²) >= 11 is 0. The van der Waals surface area contributed by atoms with Crippen LogP contribution in [0.15, 0.2) is 24.5 Å². The van der Waals surface area contributed by atoms with Crippen molar-refractivity contribution in [2.75, 3.05) is 0 Å². The molecule has 0 atom stereocenters. The molecule has 2 aromatic heterocycles. The molecule has 0 saturated heterocycles. The Morgan fingerprint density at radius 1 is 1.50 bits per heavy atom. The largest absolute Gasteiger partial charge is 0.436 e. The summed E-state index contributed by atoms with van der Waals surface area (Å²) in [5.74, 6) is 1.02. The van der Waals surface area contributed by atoms with Crippen molar-refractivity contribution < 1.29 is 4.74 Å². The van der Waals surface area contributed by atoms with E-state index in [1.165, 1.54) is 0 Å². The zero-order chi connectivity index (χ0) is 11.5. The first kappa shape index (κ1) is 10.2. The summed E-state index contributed by atoms with van der Waals surface area (Å²) in [6.45, 7) is 1.77. The molecule has 0 radical (unpaired) electrons. The molecule has 0 bridgehead atoms. The first-order valence-electron chi connectivity index (χ1n) is 4.74. The molecular weight excluding hydrogens is 204 g/mol. The van der Waals surface area contributed by atoms with Gasteiger partial charge in [-0.25, -0.2) is 4.68 Å². The molecule has 0 unspecified atom stereocenters. The predicted molar refractivity (Wildman–Crippen MR) is 57.0 cm³/mol. The van der Waals surface area contributed by atoms with Crippen LogP contribution >= 0.6 is 0 Å². The molecule has 0 aliphatic heterocycles. The van der Waals surface area contributed by atoms with Gasteiger partial charge in [0, 0.05) is 13.2 Å². The Hall–Kier alpha value is -2.35. The second-order valence-electron chi connectivity index (χ2n) is 3.29. The van der Waals surface area contributed by atoms with E-state index in [1.807, 2.05) is 0 Å². The lowest BCUT2D eigenvalue weighted by atomic mass is 10.3. The molecule has 0 aromatic carbocycles. The van der Waals surface area contributed by atoms with Crippen molar-refractivity contribution in [2.24, 2.45) is 7.05 Å². The minimum absolute atomic E-state index is 0.438. The topological polar surface area (TPSA) is 63.7 Å². The van der Waals surface area contributed by atoms with Crippen LogP contribution in [-0.4, -0.2) is 14.8 Å². The monoisotopic (exact) mass is 214 g/mol. The lowest BCUT2D eigenvalue weighted by Crippen LogP contribution is -1.96. The van der Waals surface area contributed by atoms with E-state index in [0.29, 0.717) is 22.9 Å². The van der Waals surface area contributed by atoms with Crippen LogP contribution in [0.3, 0.4) is 0 Å². The van der Waals surface area contributed by atoms with Gasteiger partial charge < -0.3 is 4.74 Å². The maximum Gasteiger partial charge on any atom is 0.235 e. The van der Waals surface area contributed by atoms with Crippen molar-refractivity contribution in [3.63, 3.8) is 0 Å².